The van der Waals surface area contributed by atoms with Crippen LogP contribution in [0.15, 0.2) is 16.7 Å². The van der Waals surface area contributed by atoms with Gasteiger partial charge in [-0.25, -0.2) is 18.1 Å². The highest BCUT2D eigenvalue weighted by atomic mass is 79.9. The Morgan fingerprint density at radius 1 is 1.50 bits per heavy atom. The third-order valence-electron chi connectivity index (χ3n) is 1.95. The number of hydrogen-bond acceptors (Lipinski definition) is 4. The largest absolute Gasteiger partial charge is 0.368 e. The second kappa shape index (κ2) is 5.60. The lowest BCUT2D eigenvalue weighted by Gasteiger charge is -2.08. The highest BCUT2D eigenvalue weighted by molar-refractivity contribution is 9.10. The van der Waals surface area contributed by atoms with Gasteiger partial charge in [-0.05, 0) is 41.5 Å². The summed E-state index contributed by atoms with van der Waals surface area (Å²) < 4.78 is 25.4. The Labute approximate surface area is 104 Å². The zero-order valence-electron chi connectivity index (χ0n) is 9.12. The maximum Gasteiger partial charge on any atom is 0.213 e. The average molecular weight is 308 g/mol. The molecule has 0 aliphatic rings. The fourth-order valence-corrected chi connectivity index (χ4v) is 2.25. The van der Waals surface area contributed by atoms with Crippen molar-refractivity contribution in [1.29, 1.82) is 0 Å². The summed E-state index contributed by atoms with van der Waals surface area (Å²) >= 11 is 3.35. The fourth-order valence-electron chi connectivity index (χ4n) is 1.07. The molecule has 90 valence electrons. The van der Waals surface area contributed by atoms with Gasteiger partial charge in [-0.15, -0.1) is 0 Å². The minimum absolute atomic E-state index is 0.0193. The Bertz CT molecular complexity index is 462. The summed E-state index contributed by atoms with van der Waals surface area (Å²) in [6.45, 7) is 2.25. The van der Waals surface area contributed by atoms with E-state index >= 15 is 0 Å². The van der Waals surface area contributed by atoms with Gasteiger partial charge < -0.3 is 5.32 Å². The van der Waals surface area contributed by atoms with E-state index in [9.17, 15) is 8.42 Å². The van der Waals surface area contributed by atoms with E-state index in [2.05, 4.69) is 31.0 Å². The number of aromatic nitrogens is 1. The molecule has 0 radical (unpaired) electrons. The Balaban J connectivity index is 2.56. The fraction of sp³-hybridized carbons (Fsp3) is 0.444. The third-order valence-corrected chi connectivity index (χ3v) is 3.92. The van der Waals surface area contributed by atoms with Crippen molar-refractivity contribution in [3.63, 3.8) is 0 Å². The molecule has 0 spiro atoms. The van der Waals surface area contributed by atoms with Gasteiger partial charge in [0.2, 0.25) is 10.0 Å². The predicted molar refractivity (Wildman–Crippen MR) is 68.0 cm³/mol. The van der Waals surface area contributed by atoms with E-state index in [-0.39, 0.29) is 5.75 Å². The van der Waals surface area contributed by atoms with Crippen molar-refractivity contribution in [3.8, 4) is 0 Å². The van der Waals surface area contributed by atoms with Crippen molar-refractivity contribution < 1.29 is 8.42 Å². The molecule has 2 N–H and O–H groups in total. The Kier molecular flexibility index (Phi) is 4.69. The number of hydrogen-bond donors (Lipinski definition) is 2. The molecule has 0 aliphatic heterocycles. The number of anilines is 1. The van der Waals surface area contributed by atoms with Crippen molar-refractivity contribution in [1.82, 2.24) is 9.71 Å². The highest BCUT2D eigenvalue weighted by Crippen LogP contribution is 2.19. The van der Waals surface area contributed by atoms with Crippen LogP contribution in [0, 0.1) is 6.92 Å². The number of aryl methyl sites for hydroxylation is 1. The Morgan fingerprint density at radius 3 is 2.75 bits per heavy atom. The van der Waals surface area contributed by atoms with Crippen molar-refractivity contribution in [3.05, 3.63) is 22.3 Å². The number of nitrogens with zero attached hydrogens (tertiary/aromatic N) is 1. The summed E-state index contributed by atoms with van der Waals surface area (Å²) in [7, 11) is -1.77. The molecule has 0 fully saturated rings. The van der Waals surface area contributed by atoms with Crippen molar-refractivity contribution in [2.75, 3.05) is 24.7 Å². The van der Waals surface area contributed by atoms with Gasteiger partial charge in [0.15, 0.2) is 0 Å². The van der Waals surface area contributed by atoms with Crippen LogP contribution in [0.5, 0.6) is 0 Å². The van der Waals surface area contributed by atoms with Crippen molar-refractivity contribution >= 4 is 31.8 Å². The number of pyridine rings is 1. The molecule has 0 aliphatic carbocycles. The van der Waals surface area contributed by atoms with Crippen LogP contribution >= 0.6 is 15.9 Å². The molecule has 5 nitrogen and oxygen atoms in total. The van der Waals surface area contributed by atoms with E-state index in [0.29, 0.717) is 12.4 Å². The first-order valence-corrected chi connectivity index (χ1v) is 7.16. The van der Waals surface area contributed by atoms with Gasteiger partial charge in [0.1, 0.15) is 5.82 Å². The van der Waals surface area contributed by atoms with Gasteiger partial charge >= 0.3 is 0 Å². The zero-order chi connectivity index (χ0) is 12.2. The average Bonchev–Trinajstić information content (AvgIpc) is 2.21. The topological polar surface area (TPSA) is 71.1 Å². The molecule has 0 saturated carbocycles. The number of rotatable bonds is 5. The first kappa shape index (κ1) is 13.4. The van der Waals surface area contributed by atoms with Crippen LogP contribution in [0.25, 0.3) is 0 Å². The lowest BCUT2D eigenvalue weighted by molar-refractivity contribution is 0.588. The monoisotopic (exact) mass is 307 g/mol. The molecular weight excluding hydrogens is 294 g/mol. The molecule has 0 unspecified atom stereocenters. The molecule has 0 bridgehead atoms. The Hall–Kier alpha value is -0.660. The van der Waals surface area contributed by atoms with Crippen molar-refractivity contribution in [2.24, 2.45) is 0 Å². The summed E-state index contributed by atoms with van der Waals surface area (Å²) in [5.41, 5.74) is 1.04. The zero-order valence-corrected chi connectivity index (χ0v) is 11.5. The lowest BCUT2D eigenvalue weighted by Crippen LogP contribution is -2.26. The van der Waals surface area contributed by atoms with Gasteiger partial charge in [-0.2, -0.15) is 0 Å². The minimum Gasteiger partial charge on any atom is -0.368 e. The van der Waals surface area contributed by atoms with Crippen LogP contribution in [0.1, 0.15) is 5.56 Å². The first-order valence-electron chi connectivity index (χ1n) is 4.72. The van der Waals surface area contributed by atoms with Gasteiger partial charge in [-0.3, -0.25) is 0 Å². The lowest BCUT2D eigenvalue weighted by atomic mass is 10.3. The second-order valence-electron chi connectivity index (χ2n) is 3.29. The summed E-state index contributed by atoms with van der Waals surface area (Å²) in [5.74, 6) is 0.669. The number of nitrogens with one attached hydrogen (secondary N) is 2. The second-order valence-corrected chi connectivity index (χ2v) is 6.19. The first-order chi connectivity index (χ1) is 7.44. The number of sulfonamides is 1. The van der Waals surface area contributed by atoms with Crippen molar-refractivity contribution in [2.45, 2.75) is 6.92 Å². The number of halogens is 1. The molecule has 7 heteroatoms. The Morgan fingerprint density at radius 2 is 2.19 bits per heavy atom. The minimum atomic E-state index is -3.17. The normalized spacial score (nSPS) is 11.4. The quantitative estimate of drug-likeness (QED) is 0.855. The van der Waals surface area contributed by atoms with Crippen LogP contribution in [-0.2, 0) is 10.0 Å². The van der Waals surface area contributed by atoms with E-state index in [0.717, 1.165) is 10.0 Å². The smallest absolute Gasteiger partial charge is 0.213 e. The van der Waals surface area contributed by atoms with Gasteiger partial charge in [0.25, 0.3) is 0 Å². The highest BCUT2D eigenvalue weighted by Gasteiger charge is 2.07. The maximum absolute atomic E-state index is 11.1. The van der Waals surface area contributed by atoms with Gasteiger partial charge in [0.05, 0.1) is 10.2 Å². The molecule has 1 aromatic rings. The predicted octanol–water partition coefficient (Wildman–Crippen LogP) is 1.11. The molecule has 0 atom stereocenters. The molecular formula is C9H14BrN3O2S. The van der Waals surface area contributed by atoms with E-state index in [4.69, 9.17) is 0 Å². The maximum atomic E-state index is 11.1. The van der Waals surface area contributed by atoms with E-state index in [1.54, 1.807) is 6.20 Å². The summed E-state index contributed by atoms with van der Waals surface area (Å²) in [6.07, 6.45) is 1.72. The van der Waals surface area contributed by atoms with E-state index < -0.39 is 10.0 Å². The van der Waals surface area contributed by atoms with E-state index in [1.807, 2.05) is 13.0 Å². The molecule has 0 aromatic carbocycles. The van der Waals surface area contributed by atoms with Gasteiger partial charge in [-0.1, -0.05) is 0 Å². The van der Waals surface area contributed by atoms with Crippen LogP contribution in [0.4, 0.5) is 5.82 Å². The van der Waals surface area contributed by atoms with E-state index in [1.165, 1.54) is 7.05 Å². The summed E-state index contributed by atoms with van der Waals surface area (Å²) in [6, 6.07) is 1.92. The molecule has 0 saturated heterocycles. The van der Waals surface area contributed by atoms with Gasteiger partial charge in [0, 0.05) is 12.7 Å². The molecule has 1 aromatic heterocycles. The third kappa shape index (κ3) is 4.07. The standard InChI is InChI=1S/C9H14BrN3O2S/c1-7-5-8(10)9(13-6-7)12-3-4-16(14,15)11-2/h5-6,11H,3-4H2,1-2H3,(H,12,13). The van der Waals surface area contributed by atoms with Crippen LogP contribution in [0.2, 0.25) is 0 Å². The van der Waals surface area contributed by atoms with Crippen LogP contribution < -0.4 is 10.0 Å². The summed E-state index contributed by atoms with van der Waals surface area (Å²) in [4.78, 5) is 4.15. The molecule has 1 rings (SSSR count). The summed E-state index contributed by atoms with van der Waals surface area (Å²) in [5, 5.41) is 2.95. The molecule has 16 heavy (non-hydrogen) atoms. The molecule has 1 heterocycles. The molecule has 0 amide bonds. The van der Waals surface area contributed by atoms with Crippen LogP contribution in [0.3, 0.4) is 0 Å². The SMILES string of the molecule is CNS(=O)(=O)CCNc1ncc(C)cc1Br. The van der Waals surface area contributed by atoms with Crippen LogP contribution in [-0.4, -0.2) is 32.7 Å².